The van der Waals surface area contributed by atoms with Gasteiger partial charge in [0.2, 0.25) is 0 Å². The first-order chi connectivity index (χ1) is 13.4. The summed E-state index contributed by atoms with van der Waals surface area (Å²) >= 11 is 0. The van der Waals surface area contributed by atoms with Crippen LogP contribution >= 0.6 is 0 Å². The van der Waals surface area contributed by atoms with Gasteiger partial charge in [-0.3, -0.25) is 0 Å². The van der Waals surface area contributed by atoms with Crippen molar-refractivity contribution in [2.75, 3.05) is 0 Å². The Kier molecular flexibility index (Phi) is 7.09. The molecular formula is C24H42O4Si2. The van der Waals surface area contributed by atoms with Crippen LogP contribution in [0.2, 0.25) is 36.3 Å². The van der Waals surface area contributed by atoms with Gasteiger partial charge in [0.05, 0.1) is 6.10 Å². The maximum atomic E-state index is 9.65. The number of hydrogen-bond acceptors (Lipinski definition) is 4. The molecule has 1 aliphatic heterocycles. The van der Waals surface area contributed by atoms with Gasteiger partial charge in [-0.1, -0.05) is 41.5 Å². The summed E-state index contributed by atoms with van der Waals surface area (Å²) in [4.78, 5) is 0. The largest absolute Gasteiger partial charge is 0.508 e. The van der Waals surface area contributed by atoms with Crippen molar-refractivity contribution in [3.05, 3.63) is 35.9 Å². The molecule has 0 amide bonds. The SMILES string of the molecule is C[C@@H]1OC(c2ccc(O)cc2)=C[C@H](O[Si](C)(C)C(C)(C)C)[C@H]1O[Si](C)(C)C(C)(C)C. The van der Waals surface area contributed by atoms with Crippen molar-refractivity contribution in [1.82, 2.24) is 0 Å². The Bertz CT molecular complexity index is 755. The average molecular weight is 451 g/mol. The van der Waals surface area contributed by atoms with Crippen LogP contribution in [0.5, 0.6) is 5.75 Å². The summed E-state index contributed by atoms with van der Waals surface area (Å²) in [6, 6.07) is 7.14. The van der Waals surface area contributed by atoms with Crippen molar-refractivity contribution >= 4 is 22.4 Å². The van der Waals surface area contributed by atoms with Gasteiger partial charge < -0.3 is 18.7 Å². The van der Waals surface area contributed by atoms with Crippen molar-refractivity contribution in [1.29, 1.82) is 0 Å². The molecule has 3 atom stereocenters. The molecule has 0 spiro atoms. The molecule has 0 aromatic heterocycles. The second-order valence-electron chi connectivity index (χ2n) is 11.6. The Morgan fingerprint density at radius 3 is 1.77 bits per heavy atom. The molecule has 6 heteroatoms. The number of hydrogen-bond donors (Lipinski definition) is 1. The van der Waals surface area contributed by atoms with E-state index in [1.54, 1.807) is 12.1 Å². The predicted octanol–water partition coefficient (Wildman–Crippen LogP) is 6.93. The maximum Gasteiger partial charge on any atom is 0.193 e. The van der Waals surface area contributed by atoms with E-state index in [9.17, 15) is 5.11 Å². The first-order valence-corrected chi connectivity index (χ1v) is 16.8. The van der Waals surface area contributed by atoms with E-state index < -0.39 is 16.6 Å². The summed E-state index contributed by atoms with van der Waals surface area (Å²) in [6.07, 6.45) is 1.63. The third kappa shape index (κ3) is 5.58. The number of phenols is 1. The summed E-state index contributed by atoms with van der Waals surface area (Å²) in [7, 11) is -4.04. The standard InChI is InChI=1S/C24H42O4Si2/c1-17-22(28-30(10,11)24(5,6)7)21(27-29(8,9)23(2,3)4)16-20(26-17)18-12-14-19(25)15-13-18/h12-17,21-22,25H,1-11H3/t17-,21-,22-/m0/s1. The van der Waals surface area contributed by atoms with Gasteiger partial charge in [-0.25, -0.2) is 0 Å². The average Bonchev–Trinajstić information content (AvgIpc) is 2.56. The highest BCUT2D eigenvalue weighted by molar-refractivity contribution is 6.74. The summed E-state index contributed by atoms with van der Waals surface area (Å²) in [5.41, 5.74) is 0.939. The second kappa shape index (κ2) is 8.45. The molecule has 1 N–H and O–H groups in total. The lowest BCUT2D eigenvalue weighted by molar-refractivity contribution is -0.0331. The van der Waals surface area contributed by atoms with Crippen LogP contribution in [-0.2, 0) is 13.6 Å². The fourth-order valence-electron chi connectivity index (χ4n) is 2.91. The molecule has 0 fully saturated rings. The number of benzene rings is 1. The summed E-state index contributed by atoms with van der Waals surface area (Å²) in [6.45, 7) is 24.8. The molecule has 0 unspecified atom stereocenters. The monoisotopic (exact) mass is 450 g/mol. The van der Waals surface area contributed by atoms with Crippen molar-refractivity contribution < 1.29 is 18.7 Å². The Morgan fingerprint density at radius 2 is 1.30 bits per heavy atom. The Labute approximate surface area is 185 Å². The lowest BCUT2D eigenvalue weighted by atomic mass is 10.0. The molecule has 0 bridgehead atoms. The van der Waals surface area contributed by atoms with Crippen molar-refractivity contribution in [3.8, 4) is 5.75 Å². The molecule has 1 heterocycles. The van der Waals surface area contributed by atoms with Gasteiger partial charge in [0.15, 0.2) is 16.6 Å². The van der Waals surface area contributed by atoms with E-state index in [-0.39, 0.29) is 34.1 Å². The van der Waals surface area contributed by atoms with Crippen LogP contribution in [0, 0.1) is 0 Å². The predicted molar refractivity (Wildman–Crippen MR) is 131 cm³/mol. The molecule has 1 aromatic rings. The third-order valence-electron chi connectivity index (χ3n) is 7.04. The zero-order valence-electron chi connectivity index (χ0n) is 20.8. The number of aromatic hydroxyl groups is 1. The third-order valence-corrected chi connectivity index (χ3v) is 16.0. The zero-order chi connectivity index (χ0) is 23.1. The van der Waals surface area contributed by atoms with Crippen LogP contribution in [0.3, 0.4) is 0 Å². The molecule has 1 aliphatic rings. The Morgan fingerprint density at radius 1 is 0.833 bits per heavy atom. The molecule has 0 radical (unpaired) electrons. The van der Waals surface area contributed by atoms with Gasteiger partial charge in [0.25, 0.3) is 0 Å². The molecule has 0 saturated heterocycles. The van der Waals surface area contributed by atoms with Crippen molar-refractivity contribution in [2.24, 2.45) is 0 Å². The topological polar surface area (TPSA) is 47.9 Å². The van der Waals surface area contributed by atoms with Gasteiger partial charge in [-0.05, 0) is 73.5 Å². The molecule has 1 aromatic carbocycles. The number of ether oxygens (including phenoxy) is 1. The lowest BCUT2D eigenvalue weighted by Crippen LogP contribution is -2.55. The Balaban J connectivity index is 2.46. The molecular weight excluding hydrogens is 408 g/mol. The van der Waals surface area contributed by atoms with Crippen LogP contribution in [0.1, 0.15) is 54.0 Å². The molecule has 2 rings (SSSR count). The first kappa shape index (κ1) is 25.2. The van der Waals surface area contributed by atoms with Gasteiger partial charge in [0, 0.05) is 5.56 Å². The van der Waals surface area contributed by atoms with E-state index in [0.29, 0.717) is 0 Å². The summed E-state index contributed by atoms with van der Waals surface area (Å²) < 4.78 is 20.1. The lowest BCUT2D eigenvalue weighted by Gasteiger charge is -2.47. The molecule has 0 saturated carbocycles. The van der Waals surface area contributed by atoms with E-state index in [2.05, 4.69) is 80.7 Å². The van der Waals surface area contributed by atoms with Crippen LogP contribution in [0.4, 0.5) is 0 Å². The number of phenolic OH excluding ortho intramolecular Hbond substituents is 1. The fourth-order valence-corrected chi connectivity index (χ4v) is 5.50. The van der Waals surface area contributed by atoms with Crippen molar-refractivity contribution in [3.63, 3.8) is 0 Å². The minimum Gasteiger partial charge on any atom is -0.508 e. The molecule has 170 valence electrons. The fraction of sp³-hybridized carbons (Fsp3) is 0.667. The first-order valence-electron chi connectivity index (χ1n) is 11.0. The highest BCUT2D eigenvalue weighted by atomic mass is 28.4. The van der Waals surface area contributed by atoms with Gasteiger partial charge >= 0.3 is 0 Å². The smallest absolute Gasteiger partial charge is 0.193 e. The minimum atomic E-state index is -2.03. The van der Waals surface area contributed by atoms with Crippen LogP contribution in [0.15, 0.2) is 30.3 Å². The quantitative estimate of drug-likeness (QED) is 0.494. The van der Waals surface area contributed by atoms with Gasteiger partial charge in [-0.15, -0.1) is 0 Å². The normalized spacial score (nSPS) is 23.7. The summed E-state index contributed by atoms with van der Waals surface area (Å²) in [5, 5.41) is 9.86. The van der Waals surface area contributed by atoms with Crippen LogP contribution in [0.25, 0.3) is 5.76 Å². The second-order valence-corrected chi connectivity index (χ2v) is 21.1. The van der Waals surface area contributed by atoms with E-state index in [1.165, 1.54) is 0 Å². The minimum absolute atomic E-state index is 0.0998. The van der Waals surface area contributed by atoms with E-state index in [0.717, 1.165) is 11.3 Å². The molecule has 30 heavy (non-hydrogen) atoms. The highest BCUT2D eigenvalue weighted by Crippen LogP contribution is 2.43. The van der Waals surface area contributed by atoms with E-state index in [4.69, 9.17) is 13.6 Å². The van der Waals surface area contributed by atoms with Crippen LogP contribution in [-0.4, -0.2) is 40.1 Å². The van der Waals surface area contributed by atoms with E-state index >= 15 is 0 Å². The van der Waals surface area contributed by atoms with E-state index in [1.807, 2.05) is 12.1 Å². The zero-order valence-corrected chi connectivity index (χ0v) is 22.8. The number of rotatable bonds is 5. The van der Waals surface area contributed by atoms with Gasteiger partial charge in [-0.2, -0.15) is 0 Å². The van der Waals surface area contributed by atoms with Gasteiger partial charge in [0.1, 0.15) is 23.7 Å². The van der Waals surface area contributed by atoms with Crippen molar-refractivity contribution in [2.45, 2.75) is 103 Å². The van der Waals surface area contributed by atoms with Crippen LogP contribution < -0.4 is 0 Å². The highest BCUT2D eigenvalue weighted by Gasteiger charge is 2.47. The Hall–Kier alpha value is -1.09. The molecule has 4 nitrogen and oxygen atoms in total. The maximum absolute atomic E-state index is 9.65. The molecule has 0 aliphatic carbocycles. The summed E-state index contributed by atoms with van der Waals surface area (Å²) in [5.74, 6) is 1.04.